The minimum absolute atomic E-state index is 0.0772. The van der Waals surface area contributed by atoms with Crippen LogP contribution in [-0.2, 0) is 6.18 Å². The van der Waals surface area contributed by atoms with Crippen molar-refractivity contribution in [2.24, 2.45) is 0 Å². The van der Waals surface area contributed by atoms with Crippen LogP contribution in [0.4, 0.5) is 26.3 Å². The molecule has 0 amide bonds. The molecule has 0 fully saturated rings. The molecule has 0 saturated heterocycles. The lowest BCUT2D eigenvalue weighted by Gasteiger charge is -2.16. The molecular weight excluding hydrogens is 406 g/mol. The quantitative estimate of drug-likeness (QED) is 0.348. The highest BCUT2D eigenvalue weighted by atomic mass is 32.2. The highest BCUT2D eigenvalue weighted by Gasteiger charge is 2.37. The number of alkyl halides is 6. The van der Waals surface area contributed by atoms with Gasteiger partial charge in [0.05, 0.1) is 16.6 Å². The molecule has 0 unspecified atom stereocenters. The highest BCUT2D eigenvalue weighted by Crippen LogP contribution is 2.32. The van der Waals surface area contributed by atoms with Crippen molar-refractivity contribution >= 4 is 28.6 Å². The van der Waals surface area contributed by atoms with Gasteiger partial charge in [-0.2, -0.15) is 26.3 Å². The van der Waals surface area contributed by atoms with E-state index < -0.39 is 29.2 Å². The summed E-state index contributed by atoms with van der Waals surface area (Å²) in [6, 6.07) is 9.66. The van der Waals surface area contributed by atoms with Gasteiger partial charge in [0.2, 0.25) is 5.84 Å². The second-order valence-corrected chi connectivity index (χ2v) is 6.62. The van der Waals surface area contributed by atoms with Crippen LogP contribution in [-0.4, -0.2) is 21.6 Å². The Morgan fingerprint density at radius 1 is 0.929 bits per heavy atom. The summed E-state index contributed by atoms with van der Waals surface area (Å²) >= 11 is 0.740. The van der Waals surface area contributed by atoms with Crippen LogP contribution in [0.25, 0.3) is 11.0 Å². The summed E-state index contributed by atoms with van der Waals surface area (Å²) in [5, 5.41) is 15.3. The van der Waals surface area contributed by atoms with Crippen molar-refractivity contribution in [1.82, 2.24) is 9.55 Å². The molecule has 1 heterocycles. The van der Waals surface area contributed by atoms with Gasteiger partial charge in [-0.25, -0.2) is 4.98 Å². The van der Waals surface area contributed by atoms with Gasteiger partial charge in [0.25, 0.3) is 0 Å². The molecule has 3 rings (SSSR count). The van der Waals surface area contributed by atoms with E-state index in [-0.39, 0.29) is 21.0 Å². The van der Waals surface area contributed by atoms with Crippen molar-refractivity contribution in [2.75, 3.05) is 0 Å². The lowest BCUT2D eigenvalue weighted by atomic mass is 10.2. The van der Waals surface area contributed by atoms with Crippen LogP contribution in [0.5, 0.6) is 0 Å². The van der Waals surface area contributed by atoms with Crippen LogP contribution >= 0.6 is 11.8 Å². The van der Waals surface area contributed by atoms with E-state index in [1.807, 2.05) is 0 Å². The lowest BCUT2D eigenvalue weighted by molar-refractivity contribution is -0.137. The largest absolute Gasteiger partial charge is 0.449 e. The van der Waals surface area contributed by atoms with E-state index in [0.29, 0.717) is 4.57 Å². The average molecular weight is 416 g/mol. The number of benzene rings is 2. The Balaban J connectivity index is 2.11. The average Bonchev–Trinajstić information content (AvgIpc) is 2.61. The maximum atomic E-state index is 13.1. The Morgan fingerprint density at radius 3 is 2.11 bits per heavy atom. The molecule has 4 nitrogen and oxygen atoms in total. The molecule has 0 spiro atoms. The van der Waals surface area contributed by atoms with E-state index in [1.165, 1.54) is 24.3 Å². The third-order valence-electron chi connectivity index (χ3n) is 3.66. The molecule has 0 aliphatic carbocycles. The molecule has 146 valence electrons. The topological polar surface area (TPSA) is 65.5 Å². The van der Waals surface area contributed by atoms with E-state index in [0.717, 1.165) is 36.0 Å². The zero-order chi connectivity index (χ0) is 20.7. The molecule has 2 aromatic carbocycles. The summed E-state index contributed by atoms with van der Waals surface area (Å²) in [5.74, 6) is -1.76. The molecule has 0 saturated carbocycles. The summed E-state index contributed by atoms with van der Waals surface area (Å²) in [6.45, 7) is 0. The van der Waals surface area contributed by atoms with Gasteiger partial charge in [-0.3, -0.25) is 15.4 Å². The molecule has 28 heavy (non-hydrogen) atoms. The molecule has 2 N–H and O–H groups in total. The predicted octanol–water partition coefficient (Wildman–Crippen LogP) is 5.07. The zero-order valence-electron chi connectivity index (χ0n) is 13.7. The van der Waals surface area contributed by atoms with Crippen molar-refractivity contribution in [3.05, 3.63) is 59.6 Å². The number of rotatable bonds is 2. The second kappa shape index (κ2) is 6.97. The smallest absolute Gasteiger partial charge is 0.282 e. The molecular formula is C17H10F6N4S. The van der Waals surface area contributed by atoms with Crippen molar-refractivity contribution < 1.29 is 26.3 Å². The van der Waals surface area contributed by atoms with Gasteiger partial charge >= 0.3 is 12.4 Å². The van der Waals surface area contributed by atoms with Crippen LogP contribution in [0.2, 0.25) is 0 Å². The number of hydrogen-bond donors (Lipinski definition) is 2. The Hall–Kier alpha value is -2.82. The Kier molecular flexibility index (Phi) is 4.96. The Bertz CT molecular complexity index is 1100. The minimum Gasteiger partial charge on any atom is -0.282 e. The summed E-state index contributed by atoms with van der Waals surface area (Å²) in [5.41, 5.74) is -1.53. The zero-order valence-corrected chi connectivity index (χ0v) is 14.5. The number of para-hydroxylation sites is 2. The van der Waals surface area contributed by atoms with E-state index >= 15 is 0 Å². The molecule has 0 aliphatic rings. The molecule has 0 bridgehead atoms. The fraction of sp³-hybridized carbons (Fsp3) is 0.118. The first-order valence-corrected chi connectivity index (χ1v) is 8.38. The number of fused-ring (bicyclic) bond motifs is 1. The summed E-state index contributed by atoms with van der Waals surface area (Å²) in [6.07, 6.45) is -9.52. The van der Waals surface area contributed by atoms with Crippen molar-refractivity contribution in [3.8, 4) is 0 Å². The molecule has 0 radical (unpaired) electrons. The minimum atomic E-state index is -5.00. The molecule has 3 aromatic rings. The van der Waals surface area contributed by atoms with Gasteiger partial charge in [0.15, 0.2) is 5.49 Å². The maximum absolute atomic E-state index is 13.1. The van der Waals surface area contributed by atoms with Crippen LogP contribution in [0.3, 0.4) is 0 Å². The third-order valence-corrected chi connectivity index (χ3v) is 4.64. The summed E-state index contributed by atoms with van der Waals surface area (Å²) in [4.78, 5) is 4.39. The fourth-order valence-electron chi connectivity index (χ4n) is 2.38. The fourth-order valence-corrected chi connectivity index (χ4v) is 3.21. The van der Waals surface area contributed by atoms with Crippen LogP contribution in [0.1, 0.15) is 5.56 Å². The third kappa shape index (κ3) is 3.88. The number of nitrogens with zero attached hydrogens (tertiary/aromatic N) is 2. The lowest BCUT2D eigenvalue weighted by Crippen LogP contribution is -2.38. The van der Waals surface area contributed by atoms with Gasteiger partial charge in [-0.15, -0.1) is 0 Å². The maximum Gasteiger partial charge on any atom is 0.449 e. The Labute approximate surface area is 157 Å². The Morgan fingerprint density at radius 2 is 1.54 bits per heavy atom. The van der Waals surface area contributed by atoms with Crippen molar-refractivity contribution in [2.45, 2.75) is 22.3 Å². The highest BCUT2D eigenvalue weighted by molar-refractivity contribution is 7.99. The number of nitrogens with one attached hydrogen (secondary N) is 2. The second-order valence-electron chi connectivity index (χ2n) is 5.56. The number of halogens is 6. The van der Waals surface area contributed by atoms with Gasteiger partial charge < -0.3 is 0 Å². The van der Waals surface area contributed by atoms with Gasteiger partial charge in [0.1, 0.15) is 5.03 Å². The van der Waals surface area contributed by atoms with Gasteiger partial charge in [0, 0.05) is 4.90 Å². The predicted molar refractivity (Wildman–Crippen MR) is 90.3 cm³/mol. The molecule has 0 atom stereocenters. The first kappa shape index (κ1) is 19.9. The van der Waals surface area contributed by atoms with E-state index in [2.05, 4.69) is 4.98 Å². The van der Waals surface area contributed by atoms with Gasteiger partial charge in [-0.1, -0.05) is 23.9 Å². The van der Waals surface area contributed by atoms with Crippen molar-refractivity contribution in [1.29, 1.82) is 10.8 Å². The van der Waals surface area contributed by atoms with Crippen LogP contribution in [0.15, 0.2) is 58.5 Å². The standard InChI is InChI=1S/C17H10F6N4S/c18-16(19,20)9-5-7-10(8-6-9)28-14-13(24)27(15(25)17(21,22)23)12-4-2-1-3-11(12)26-14/h1-8,24-25H. The number of aromatic nitrogens is 2. The van der Waals surface area contributed by atoms with Crippen LogP contribution in [0, 0.1) is 10.8 Å². The van der Waals surface area contributed by atoms with E-state index in [1.54, 1.807) is 0 Å². The number of hydrogen-bond acceptors (Lipinski definition) is 4. The molecule has 0 aliphatic heterocycles. The molecule has 11 heteroatoms. The normalized spacial score (nSPS) is 12.4. The van der Waals surface area contributed by atoms with E-state index in [4.69, 9.17) is 10.8 Å². The molecule has 1 aromatic heterocycles. The van der Waals surface area contributed by atoms with Crippen molar-refractivity contribution in [3.63, 3.8) is 0 Å². The summed E-state index contributed by atoms with van der Waals surface area (Å²) in [7, 11) is 0. The van der Waals surface area contributed by atoms with Crippen LogP contribution < -0.4 is 5.49 Å². The SMILES string of the molecule is N=C(n1c(=N)c(Sc2ccc(C(F)(F)F)cc2)nc2ccccc21)C(F)(F)F. The monoisotopic (exact) mass is 416 g/mol. The van der Waals surface area contributed by atoms with Gasteiger partial charge in [-0.05, 0) is 36.4 Å². The van der Waals surface area contributed by atoms with E-state index in [9.17, 15) is 26.3 Å². The first-order valence-electron chi connectivity index (χ1n) is 7.56. The summed E-state index contributed by atoms with van der Waals surface area (Å²) < 4.78 is 77.7. The first-order chi connectivity index (χ1) is 13.0.